The molecule has 4 saturated carbocycles. The van der Waals surface area contributed by atoms with Gasteiger partial charge in [-0.15, -0.1) is 0 Å². The van der Waals surface area contributed by atoms with Crippen molar-refractivity contribution in [2.75, 3.05) is 33.2 Å². The van der Waals surface area contributed by atoms with Crippen molar-refractivity contribution in [3.8, 4) is 0 Å². The van der Waals surface area contributed by atoms with Crippen LogP contribution in [0.3, 0.4) is 0 Å². The molecule has 186 valence electrons. The molecule has 1 aromatic heterocycles. The Labute approximate surface area is 204 Å². The third-order valence-electron chi connectivity index (χ3n) is 12.2. The number of ether oxygens (including phenoxy) is 1. The van der Waals surface area contributed by atoms with Crippen molar-refractivity contribution in [2.24, 2.45) is 28.6 Å². The summed E-state index contributed by atoms with van der Waals surface area (Å²) in [7, 11) is 2.27. The van der Waals surface area contributed by atoms with Gasteiger partial charge in [-0.25, -0.2) is 4.79 Å². The quantitative estimate of drug-likeness (QED) is 0.600. The van der Waals surface area contributed by atoms with Crippen molar-refractivity contribution in [3.63, 3.8) is 0 Å². The Morgan fingerprint density at radius 1 is 0.941 bits per heavy atom. The summed E-state index contributed by atoms with van der Waals surface area (Å²) in [6, 6.07) is 4.43. The smallest absolute Gasteiger partial charge is 0.335 e. The maximum Gasteiger partial charge on any atom is 0.335 e. The number of epoxide rings is 1. The van der Waals surface area contributed by atoms with E-state index in [-0.39, 0.29) is 16.6 Å². The van der Waals surface area contributed by atoms with Gasteiger partial charge in [0.2, 0.25) is 0 Å². The van der Waals surface area contributed by atoms with Crippen molar-refractivity contribution in [2.45, 2.75) is 88.9 Å². The molecule has 0 bridgehead atoms. The van der Waals surface area contributed by atoms with Crippen LogP contribution >= 0.6 is 0 Å². The Balaban J connectivity index is 1.12. The van der Waals surface area contributed by atoms with Gasteiger partial charge in [-0.1, -0.05) is 13.8 Å². The standard InChI is InChI=1S/C29H42N2O3/c1-27-10-8-21(31-14-12-30(3)13-15-31)16-20(27)5-6-23-22(27)9-11-28(2)24(17-25-29(23,28)34-25)19-4-7-26(32)33-18-19/h4,7,18,20-25H,5-6,8-17H2,1-3H3/t20-,21+,22+,23-,24-,25-,27+,28-,29-/m1/s1. The van der Waals surface area contributed by atoms with Gasteiger partial charge >= 0.3 is 5.63 Å². The summed E-state index contributed by atoms with van der Waals surface area (Å²) in [5.41, 5.74) is 1.68. The van der Waals surface area contributed by atoms with E-state index >= 15 is 0 Å². The molecule has 5 nitrogen and oxygen atoms in total. The third kappa shape index (κ3) is 2.87. The highest BCUT2D eigenvalue weighted by molar-refractivity contribution is 5.35. The molecule has 0 N–H and O–H groups in total. The zero-order valence-corrected chi connectivity index (χ0v) is 21.3. The van der Waals surface area contributed by atoms with Gasteiger partial charge in [0.15, 0.2) is 0 Å². The molecular weight excluding hydrogens is 424 g/mol. The molecule has 0 amide bonds. The lowest BCUT2D eigenvalue weighted by Gasteiger charge is -2.62. The zero-order valence-electron chi connectivity index (χ0n) is 21.3. The fraction of sp³-hybridized carbons (Fsp3) is 0.828. The van der Waals surface area contributed by atoms with E-state index in [0.29, 0.717) is 23.4 Å². The van der Waals surface area contributed by atoms with E-state index in [2.05, 4.69) is 30.7 Å². The first kappa shape index (κ1) is 22.1. The van der Waals surface area contributed by atoms with E-state index in [1.807, 2.05) is 6.07 Å². The van der Waals surface area contributed by atoms with Crippen molar-refractivity contribution >= 4 is 0 Å². The normalized spacial score (nSPS) is 50.7. The van der Waals surface area contributed by atoms with Crippen LogP contribution in [0.15, 0.2) is 27.6 Å². The summed E-state index contributed by atoms with van der Waals surface area (Å²) in [5.74, 6) is 2.85. The molecule has 7 rings (SSSR count). The minimum absolute atomic E-state index is 0.0685. The largest absolute Gasteiger partial charge is 0.431 e. The predicted octanol–water partition coefficient (Wildman–Crippen LogP) is 4.51. The van der Waals surface area contributed by atoms with Gasteiger partial charge in [0.05, 0.1) is 12.4 Å². The molecule has 6 fully saturated rings. The monoisotopic (exact) mass is 466 g/mol. The molecule has 5 heteroatoms. The molecule has 2 aliphatic heterocycles. The van der Waals surface area contributed by atoms with E-state index in [1.165, 1.54) is 76.7 Å². The summed E-state index contributed by atoms with van der Waals surface area (Å²) in [6.07, 6.45) is 12.8. The second-order valence-electron chi connectivity index (χ2n) is 13.3. The Bertz CT molecular complexity index is 996. The number of hydrogen-bond acceptors (Lipinski definition) is 5. The Kier molecular flexibility index (Phi) is 4.82. The van der Waals surface area contributed by atoms with E-state index in [9.17, 15) is 4.79 Å². The highest BCUT2D eigenvalue weighted by Gasteiger charge is 2.80. The van der Waals surface area contributed by atoms with Crippen molar-refractivity contribution < 1.29 is 9.15 Å². The number of rotatable bonds is 2. The summed E-state index contributed by atoms with van der Waals surface area (Å²) < 4.78 is 12.0. The van der Waals surface area contributed by atoms with Crippen LogP contribution in [-0.2, 0) is 4.74 Å². The SMILES string of the molecule is CN1CCN([C@H]2CC[C@@]3(C)[C@H](CC[C@@H]4[C@@H]3CC[C@]3(C)[C@@H](c5ccc(=O)oc5)C[C@H]5O[C@]453)C2)CC1. The van der Waals surface area contributed by atoms with Crippen molar-refractivity contribution in [1.82, 2.24) is 9.80 Å². The Hall–Kier alpha value is -1.17. The highest BCUT2D eigenvalue weighted by atomic mass is 16.6. The molecule has 3 heterocycles. The lowest BCUT2D eigenvalue weighted by atomic mass is 9.44. The topological polar surface area (TPSA) is 49.2 Å². The van der Waals surface area contributed by atoms with E-state index < -0.39 is 0 Å². The fourth-order valence-electron chi connectivity index (χ4n) is 10.3. The van der Waals surface area contributed by atoms with Gasteiger partial charge in [0, 0.05) is 43.7 Å². The van der Waals surface area contributed by atoms with Crippen molar-refractivity contribution in [3.05, 3.63) is 34.4 Å². The first-order chi connectivity index (χ1) is 16.3. The van der Waals surface area contributed by atoms with E-state index in [0.717, 1.165) is 24.3 Å². The molecular formula is C29H42N2O3. The third-order valence-corrected chi connectivity index (χ3v) is 12.2. The van der Waals surface area contributed by atoms with E-state index in [1.54, 1.807) is 12.3 Å². The van der Waals surface area contributed by atoms with Gasteiger partial charge in [-0.2, -0.15) is 0 Å². The second-order valence-corrected chi connectivity index (χ2v) is 13.3. The molecule has 2 saturated heterocycles. The second kappa shape index (κ2) is 7.43. The molecule has 34 heavy (non-hydrogen) atoms. The summed E-state index contributed by atoms with van der Waals surface area (Å²) >= 11 is 0. The maximum absolute atomic E-state index is 11.6. The van der Waals surface area contributed by atoms with Crippen LogP contribution in [0.1, 0.15) is 76.7 Å². The summed E-state index contributed by atoms with van der Waals surface area (Å²) in [6.45, 7) is 10.2. The summed E-state index contributed by atoms with van der Waals surface area (Å²) in [4.78, 5) is 16.9. The number of hydrogen-bond donors (Lipinski definition) is 0. The van der Waals surface area contributed by atoms with Crippen LogP contribution in [0, 0.1) is 28.6 Å². The Morgan fingerprint density at radius 2 is 1.76 bits per heavy atom. The molecule has 1 aromatic rings. The first-order valence-corrected chi connectivity index (χ1v) is 14.0. The highest BCUT2D eigenvalue weighted by Crippen LogP contribution is 2.78. The summed E-state index contributed by atoms with van der Waals surface area (Å²) in [5, 5.41) is 0. The van der Waals surface area contributed by atoms with Crippen molar-refractivity contribution in [1.29, 1.82) is 0 Å². The van der Waals surface area contributed by atoms with Crippen LogP contribution < -0.4 is 5.63 Å². The van der Waals surface area contributed by atoms with Crippen LogP contribution in [0.2, 0.25) is 0 Å². The van der Waals surface area contributed by atoms with Gasteiger partial charge in [-0.05, 0) is 99.1 Å². The molecule has 1 spiro atoms. The van der Waals surface area contributed by atoms with Gasteiger partial charge in [-0.3, -0.25) is 4.90 Å². The number of likely N-dealkylation sites (N-methyl/N-ethyl adjacent to an activating group) is 1. The molecule has 0 unspecified atom stereocenters. The van der Waals surface area contributed by atoms with Gasteiger partial charge in [0.25, 0.3) is 0 Å². The molecule has 0 aromatic carbocycles. The fourth-order valence-corrected chi connectivity index (χ4v) is 10.3. The zero-order chi connectivity index (χ0) is 23.3. The van der Waals surface area contributed by atoms with Crippen LogP contribution in [0.4, 0.5) is 0 Å². The minimum atomic E-state index is -0.245. The number of nitrogens with zero attached hydrogens (tertiary/aromatic N) is 2. The number of piperazine rings is 1. The average molecular weight is 467 g/mol. The molecule has 6 aliphatic rings. The molecule has 9 atom stereocenters. The predicted molar refractivity (Wildman–Crippen MR) is 132 cm³/mol. The van der Waals surface area contributed by atoms with Gasteiger partial charge in [0.1, 0.15) is 5.60 Å². The Morgan fingerprint density at radius 3 is 2.53 bits per heavy atom. The van der Waals surface area contributed by atoms with E-state index in [4.69, 9.17) is 9.15 Å². The van der Waals surface area contributed by atoms with Crippen LogP contribution in [0.5, 0.6) is 0 Å². The number of fused-ring (bicyclic) bond motifs is 3. The lowest BCUT2D eigenvalue weighted by Crippen LogP contribution is -2.59. The lowest BCUT2D eigenvalue weighted by molar-refractivity contribution is -0.136. The van der Waals surface area contributed by atoms with Gasteiger partial charge < -0.3 is 14.1 Å². The molecule has 0 radical (unpaired) electrons. The minimum Gasteiger partial charge on any atom is -0.431 e. The first-order valence-electron chi connectivity index (χ1n) is 14.0. The average Bonchev–Trinajstić information content (AvgIpc) is 3.49. The van der Waals surface area contributed by atoms with Crippen LogP contribution in [0.25, 0.3) is 0 Å². The maximum atomic E-state index is 11.6. The van der Waals surface area contributed by atoms with Crippen LogP contribution in [-0.4, -0.2) is 60.8 Å². The molecule has 4 aliphatic carbocycles.